The number of rotatable bonds is 10. The Balaban J connectivity index is 1.24. The maximum absolute atomic E-state index is 13.7. The lowest BCUT2D eigenvalue weighted by Gasteiger charge is -2.35. The lowest BCUT2D eigenvalue weighted by atomic mass is 9.87. The van der Waals surface area contributed by atoms with Crippen molar-refractivity contribution in [3.8, 4) is 0 Å². The number of aryl methyl sites for hydroxylation is 1. The minimum absolute atomic E-state index is 0.0498. The van der Waals surface area contributed by atoms with Gasteiger partial charge < -0.3 is 10.0 Å². The zero-order valence-corrected chi connectivity index (χ0v) is 24.3. The van der Waals surface area contributed by atoms with Crippen molar-refractivity contribution < 1.29 is 18.7 Å². The van der Waals surface area contributed by atoms with Crippen LogP contribution in [0.3, 0.4) is 0 Å². The smallest absolute Gasteiger partial charge is 0.321 e. The Morgan fingerprint density at radius 3 is 2.39 bits per heavy atom. The molecule has 6 nitrogen and oxygen atoms in total. The van der Waals surface area contributed by atoms with Gasteiger partial charge in [-0.05, 0) is 74.0 Å². The molecule has 0 amide bonds. The van der Waals surface area contributed by atoms with Crippen LogP contribution in [0.5, 0.6) is 0 Å². The number of aliphatic carboxylic acids is 1. The van der Waals surface area contributed by atoms with Gasteiger partial charge in [0.1, 0.15) is 6.04 Å². The van der Waals surface area contributed by atoms with Gasteiger partial charge in [-0.2, -0.15) is 5.10 Å². The zero-order chi connectivity index (χ0) is 29.1. The van der Waals surface area contributed by atoms with Gasteiger partial charge in [-0.1, -0.05) is 50.2 Å². The fraction of sp³-hybridized carbons (Fsp3) is 0.515. The first-order valence-corrected chi connectivity index (χ1v) is 15.0. The van der Waals surface area contributed by atoms with E-state index in [0.29, 0.717) is 29.7 Å². The average molecular weight is 565 g/mol. The fourth-order valence-corrected chi connectivity index (χ4v) is 7.01. The molecule has 2 aromatic carbocycles. The summed E-state index contributed by atoms with van der Waals surface area (Å²) in [7, 11) is 0. The molecule has 0 unspecified atom stereocenters. The Kier molecular flexibility index (Phi) is 9.19. The van der Waals surface area contributed by atoms with Crippen molar-refractivity contribution in [2.45, 2.75) is 64.5 Å². The van der Waals surface area contributed by atoms with Gasteiger partial charge in [0.15, 0.2) is 11.6 Å². The molecule has 2 saturated heterocycles. The van der Waals surface area contributed by atoms with Crippen LogP contribution >= 0.6 is 0 Å². The summed E-state index contributed by atoms with van der Waals surface area (Å²) in [6.07, 6.45) is 2.54. The first-order chi connectivity index (χ1) is 19.7. The first kappa shape index (κ1) is 29.4. The quantitative estimate of drug-likeness (QED) is 0.339. The number of carboxylic acid groups (broad SMARTS) is 1. The maximum Gasteiger partial charge on any atom is 0.321 e. The number of aromatic nitrogens is 2. The number of benzene rings is 2. The number of carbonyl (C=O) groups is 1. The number of likely N-dealkylation sites (tertiary alicyclic amines) is 2. The number of carboxylic acids is 1. The highest BCUT2D eigenvalue weighted by Crippen LogP contribution is 2.37. The van der Waals surface area contributed by atoms with Crippen molar-refractivity contribution in [1.82, 2.24) is 19.6 Å². The van der Waals surface area contributed by atoms with E-state index in [0.717, 1.165) is 57.8 Å². The number of nitrogens with zero attached hydrogens (tertiary/aromatic N) is 4. The van der Waals surface area contributed by atoms with Crippen LogP contribution in [0.15, 0.2) is 54.6 Å². The number of piperidine rings is 1. The molecule has 5 rings (SSSR count). The van der Waals surface area contributed by atoms with Gasteiger partial charge in [0.25, 0.3) is 0 Å². The molecule has 3 aromatic rings. The highest BCUT2D eigenvalue weighted by molar-refractivity contribution is 5.73. The van der Waals surface area contributed by atoms with Crippen LogP contribution in [0, 0.1) is 23.5 Å². The predicted molar refractivity (Wildman–Crippen MR) is 156 cm³/mol. The first-order valence-electron chi connectivity index (χ1n) is 15.0. The number of hydrogen-bond acceptors (Lipinski definition) is 4. The van der Waals surface area contributed by atoms with E-state index >= 15 is 0 Å². The third-order valence-electron chi connectivity index (χ3n) is 9.00. The van der Waals surface area contributed by atoms with E-state index in [-0.39, 0.29) is 5.92 Å². The molecule has 41 heavy (non-hydrogen) atoms. The lowest BCUT2D eigenvalue weighted by Crippen LogP contribution is -2.44. The predicted octanol–water partition coefficient (Wildman–Crippen LogP) is 5.78. The molecule has 2 aliphatic heterocycles. The summed E-state index contributed by atoms with van der Waals surface area (Å²) in [6.45, 7) is 11.4. The SMILES string of the molecule is CCn1nc(Cc2ccc(F)c(F)c2)cc1C1CCN(C[C@H]2CN([C@@H](C(=O)O)C(C)C)C[C@@H]2c2ccccc2)CC1. The molecule has 1 aromatic heterocycles. The van der Waals surface area contributed by atoms with Gasteiger partial charge >= 0.3 is 5.97 Å². The van der Waals surface area contributed by atoms with Crippen LogP contribution in [0.2, 0.25) is 0 Å². The van der Waals surface area contributed by atoms with Crippen LogP contribution in [-0.2, 0) is 17.8 Å². The molecule has 1 N–H and O–H groups in total. The van der Waals surface area contributed by atoms with Crippen LogP contribution in [0.4, 0.5) is 8.78 Å². The summed E-state index contributed by atoms with van der Waals surface area (Å²) in [5.74, 6) is -1.25. The third-order valence-corrected chi connectivity index (χ3v) is 9.00. The summed E-state index contributed by atoms with van der Waals surface area (Å²) in [4.78, 5) is 16.9. The Bertz CT molecular complexity index is 1320. The van der Waals surface area contributed by atoms with E-state index < -0.39 is 23.6 Å². The van der Waals surface area contributed by atoms with E-state index in [1.807, 2.05) is 19.9 Å². The van der Waals surface area contributed by atoms with Crippen LogP contribution in [0.1, 0.15) is 68.0 Å². The molecule has 0 spiro atoms. The van der Waals surface area contributed by atoms with E-state index in [9.17, 15) is 18.7 Å². The summed E-state index contributed by atoms with van der Waals surface area (Å²) in [5, 5.41) is 14.7. The number of halogens is 2. The molecule has 0 bridgehead atoms. The Hall–Kier alpha value is -3.10. The Morgan fingerprint density at radius 2 is 1.76 bits per heavy atom. The van der Waals surface area contributed by atoms with Gasteiger partial charge in [0.2, 0.25) is 0 Å². The van der Waals surface area contributed by atoms with Gasteiger partial charge in [0, 0.05) is 50.1 Å². The molecule has 3 heterocycles. The van der Waals surface area contributed by atoms with Crippen molar-refractivity contribution in [3.05, 3.63) is 88.7 Å². The molecule has 220 valence electrons. The molecule has 0 radical (unpaired) electrons. The monoisotopic (exact) mass is 564 g/mol. The normalized spacial score (nSPS) is 21.5. The summed E-state index contributed by atoms with van der Waals surface area (Å²) >= 11 is 0. The van der Waals surface area contributed by atoms with Crippen LogP contribution in [0.25, 0.3) is 0 Å². The minimum atomic E-state index is -0.831. The van der Waals surface area contributed by atoms with Crippen molar-refractivity contribution >= 4 is 5.97 Å². The summed E-state index contributed by atoms with van der Waals surface area (Å²) in [5.41, 5.74) is 4.11. The van der Waals surface area contributed by atoms with Crippen LogP contribution in [-0.4, -0.2) is 69.4 Å². The maximum atomic E-state index is 13.7. The molecule has 0 saturated carbocycles. The van der Waals surface area contributed by atoms with Gasteiger partial charge in [-0.3, -0.25) is 14.4 Å². The highest BCUT2D eigenvalue weighted by Gasteiger charge is 2.41. The minimum Gasteiger partial charge on any atom is -0.480 e. The summed E-state index contributed by atoms with van der Waals surface area (Å²) < 4.78 is 29.2. The van der Waals surface area contributed by atoms with Crippen LogP contribution < -0.4 is 0 Å². The topological polar surface area (TPSA) is 61.6 Å². The summed E-state index contributed by atoms with van der Waals surface area (Å²) in [6, 6.07) is 16.3. The third kappa shape index (κ3) is 6.70. The molecule has 2 aliphatic rings. The molecule has 0 aliphatic carbocycles. The van der Waals surface area contributed by atoms with Gasteiger partial charge in [0.05, 0.1) is 5.69 Å². The van der Waals surface area contributed by atoms with Crippen molar-refractivity contribution in [1.29, 1.82) is 0 Å². The second kappa shape index (κ2) is 12.8. The zero-order valence-electron chi connectivity index (χ0n) is 24.3. The largest absolute Gasteiger partial charge is 0.480 e. The standard InChI is InChI=1S/C33H42F2N4O2/c1-4-39-31(18-27(36-39)16-23-10-11-29(34)30(35)17-23)25-12-14-37(15-13-25)19-26-20-38(32(22(2)3)33(40)41)21-28(26)24-8-6-5-7-9-24/h5-11,17-18,22,25-26,28,32H,4,12-16,19-21H2,1-3H3,(H,40,41)/t26-,28+,32+/m0/s1. The Morgan fingerprint density at radius 1 is 1.02 bits per heavy atom. The second-order valence-corrected chi connectivity index (χ2v) is 12.1. The highest BCUT2D eigenvalue weighted by atomic mass is 19.2. The molecule has 8 heteroatoms. The molecular formula is C33H42F2N4O2. The van der Waals surface area contributed by atoms with E-state index in [1.165, 1.54) is 23.4 Å². The van der Waals surface area contributed by atoms with Gasteiger partial charge in [-0.25, -0.2) is 8.78 Å². The van der Waals surface area contributed by atoms with Crippen molar-refractivity contribution in [3.63, 3.8) is 0 Å². The van der Waals surface area contributed by atoms with Crippen molar-refractivity contribution in [2.75, 3.05) is 32.7 Å². The van der Waals surface area contributed by atoms with Crippen molar-refractivity contribution in [2.24, 2.45) is 11.8 Å². The van der Waals surface area contributed by atoms with Gasteiger partial charge in [-0.15, -0.1) is 0 Å². The average Bonchev–Trinajstić information content (AvgIpc) is 3.55. The van der Waals surface area contributed by atoms with E-state index in [2.05, 4.69) is 51.7 Å². The molecular weight excluding hydrogens is 522 g/mol. The fourth-order valence-electron chi connectivity index (χ4n) is 7.01. The number of hydrogen-bond donors (Lipinski definition) is 1. The second-order valence-electron chi connectivity index (χ2n) is 12.1. The Labute approximate surface area is 242 Å². The van der Waals surface area contributed by atoms with E-state index in [4.69, 9.17) is 5.10 Å². The molecule has 3 atom stereocenters. The lowest BCUT2D eigenvalue weighted by molar-refractivity contribution is -0.144. The molecule has 2 fully saturated rings. The van der Waals surface area contributed by atoms with E-state index in [1.54, 1.807) is 6.07 Å².